The van der Waals surface area contributed by atoms with Crippen LogP contribution in [0.4, 0.5) is 0 Å². The van der Waals surface area contributed by atoms with E-state index in [0.29, 0.717) is 0 Å². The lowest BCUT2D eigenvalue weighted by molar-refractivity contribution is -0.210. The zero-order chi connectivity index (χ0) is 18.9. The highest BCUT2D eigenvalue weighted by molar-refractivity contribution is 6.17. The first-order chi connectivity index (χ1) is 11.0. The van der Waals surface area contributed by atoms with Gasteiger partial charge in [-0.3, -0.25) is 19.2 Å². The maximum absolute atomic E-state index is 12.3. The number of aliphatic hydroxyl groups is 2. The van der Waals surface area contributed by atoms with Crippen LogP contribution < -0.4 is 0 Å². The lowest BCUT2D eigenvalue weighted by atomic mass is 9.74. The van der Waals surface area contributed by atoms with Crippen LogP contribution >= 0.6 is 0 Å². The third kappa shape index (κ3) is 2.67. The van der Waals surface area contributed by atoms with Crippen molar-refractivity contribution < 1.29 is 48.4 Å². The third-order valence-electron chi connectivity index (χ3n) is 3.60. The van der Waals surface area contributed by atoms with Gasteiger partial charge in [-0.15, -0.1) is 0 Å². The van der Waals surface area contributed by atoms with E-state index in [2.05, 4.69) is 0 Å². The average molecular weight is 346 g/mol. The van der Waals surface area contributed by atoms with E-state index in [1.165, 1.54) is 0 Å². The summed E-state index contributed by atoms with van der Waals surface area (Å²) in [6, 6.07) is 0. The van der Waals surface area contributed by atoms with Crippen LogP contribution in [0.2, 0.25) is 0 Å². The molecule has 10 heteroatoms. The second kappa shape index (κ2) is 6.65. The van der Waals surface area contributed by atoms with Crippen LogP contribution in [0.25, 0.3) is 0 Å². The zero-order valence-corrected chi connectivity index (χ0v) is 13.5. The van der Waals surface area contributed by atoms with Crippen molar-refractivity contribution in [1.29, 1.82) is 0 Å². The topological polar surface area (TPSA) is 154 Å². The second-order valence-corrected chi connectivity index (χ2v) is 5.29. The number of hydrogen-bond acceptors (Lipinski definition) is 10. The summed E-state index contributed by atoms with van der Waals surface area (Å²) < 4.78 is 14.6. The van der Waals surface area contributed by atoms with Crippen molar-refractivity contribution in [3.8, 4) is 0 Å². The first-order valence-corrected chi connectivity index (χ1v) is 6.88. The number of hydrogen-bond donors (Lipinski definition) is 2. The van der Waals surface area contributed by atoms with Gasteiger partial charge in [-0.1, -0.05) is 0 Å². The Morgan fingerprint density at radius 3 is 1.92 bits per heavy atom. The molecule has 134 valence electrons. The smallest absolute Gasteiger partial charge is 0.364 e. The van der Waals surface area contributed by atoms with E-state index in [4.69, 9.17) is 19.3 Å². The molecule has 1 aliphatic heterocycles. The Hall–Kier alpha value is -2.33. The third-order valence-corrected chi connectivity index (χ3v) is 3.60. The van der Waals surface area contributed by atoms with E-state index in [9.17, 15) is 29.1 Å². The molecule has 1 saturated heterocycles. The van der Waals surface area contributed by atoms with Gasteiger partial charge < -0.3 is 24.4 Å². The number of rotatable bonds is 6. The van der Waals surface area contributed by atoms with Crippen LogP contribution in [0.3, 0.4) is 0 Å². The van der Waals surface area contributed by atoms with Crippen LogP contribution in [0.1, 0.15) is 27.7 Å². The Kier molecular flexibility index (Phi) is 5.47. The van der Waals surface area contributed by atoms with Crippen LogP contribution in [-0.2, 0) is 38.2 Å². The average Bonchev–Trinajstić information content (AvgIpc) is 2.69. The lowest BCUT2D eigenvalue weighted by Crippen LogP contribution is -2.70. The van der Waals surface area contributed by atoms with Gasteiger partial charge in [-0.2, -0.15) is 0 Å². The standard InChI is InChI=1S/C14H18O10/c1-6(16)13(23-8(3)18)11(10(20)5-15)22-12(21)14(13,7(2)17)24-9(4)19/h10-11,15,20H,5H2,1-4H3/t10-,11+,13+,14+/m1/s1. The quantitative estimate of drug-likeness (QED) is 0.315. The molecule has 1 fully saturated rings. The largest absolute Gasteiger partial charge is 0.451 e. The van der Waals surface area contributed by atoms with E-state index in [0.717, 1.165) is 27.7 Å². The Bertz CT molecular complexity index is 596. The molecule has 2 N–H and O–H groups in total. The normalized spacial score (nSPS) is 30.2. The van der Waals surface area contributed by atoms with Crippen LogP contribution in [-0.4, -0.2) is 69.7 Å². The molecule has 0 spiro atoms. The van der Waals surface area contributed by atoms with Gasteiger partial charge in [0.05, 0.1) is 6.61 Å². The number of carbonyl (C=O) groups excluding carboxylic acids is 5. The molecule has 0 aromatic heterocycles. The number of ether oxygens (including phenoxy) is 3. The molecular formula is C14H18O10. The highest BCUT2D eigenvalue weighted by Crippen LogP contribution is 2.45. The monoisotopic (exact) mass is 346 g/mol. The minimum Gasteiger partial charge on any atom is -0.451 e. The Balaban J connectivity index is 3.82. The molecule has 0 amide bonds. The highest BCUT2D eigenvalue weighted by atomic mass is 16.7. The van der Waals surface area contributed by atoms with E-state index in [-0.39, 0.29) is 0 Å². The number of aliphatic hydroxyl groups excluding tert-OH is 2. The molecule has 10 nitrogen and oxygen atoms in total. The lowest BCUT2D eigenvalue weighted by Gasteiger charge is -2.39. The predicted molar refractivity (Wildman–Crippen MR) is 73.3 cm³/mol. The maximum atomic E-state index is 12.3. The SMILES string of the molecule is CC(=O)O[C@@]1(C(C)=O)C(=O)O[C@@H]([C@H](O)CO)[C@@]1(OC(C)=O)C(C)=O. The van der Waals surface area contributed by atoms with Gasteiger partial charge >= 0.3 is 23.5 Å². The first kappa shape index (κ1) is 19.7. The minimum atomic E-state index is -2.92. The summed E-state index contributed by atoms with van der Waals surface area (Å²) in [6.07, 6.45) is -3.83. The van der Waals surface area contributed by atoms with Gasteiger partial charge in [0, 0.05) is 13.8 Å². The van der Waals surface area contributed by atoms with Crippen molar-refractivity contribution >= 4 is 29.5 Å². The molecule has 4 atom stereocenters. The van der Waals surface area contributed by atoms with Crippen molar-refractivity contribution in [3.05, 3.63) is 0 Å². The molecule has 0 aromatic rings. The summed E-state index contributed by atoms with van der Waals surface area (Å²) in [6.45, 7) is 2.46. The molecule has 0 radical (unpaired) electrons. The summed E-state index contributed by atoms with van der Waals surface area (Å²) >= 11 is 0. The molecule has 0 saturated carbocycles. The molecular weight excluding hydrogens is 328 g/mol. The summed E-state index contributed by atoms with van der Waals surface area (Å²) in [5, 5.41) is 19.0. The fourth-order valence-electron chi connectivity index (χ4n) is 2.77. The molecule has 0 unspecified atom stereocenters. The molecule has 1 aliphatic rings. The molecule has 1 rings (SSSR count). The van der Waals surface area contributed by atoms with E-state index >= 15 is 0 Å². The number of Topliss-reactive ketones (excluding diaryl/α,β-unsaturated/α-hetero) is 2. The van der Waals surface area contributed by atoms with Gasteiger partial charge in [-0.05, 0) is 13.8 Å². The first-order valence-electron chi connectivity index (χ1n) is 6.88. The van der Waals surface area contributed by atoms with Crippen molar-refractivity contribution in [2.45, 2.75) is 51.1 Å². The minimum absolute atomic E-state index is 0.832. The van der Waals surface area contributed by atoms with Crippen molar-refractivity contribution in [2.24, 2.45) is 0 Å². The van der Waals surface area contributed by atoms with Crippen molar-refractivity contribution in [1.82, 2.24) is 0 Å². The van der Waals surface area contributed by atoms with Gasteiger partial charge in [0.15, 0.2) is 17.7 Å². The summed E-state index contributed by atoms with van der Waals surface area (Å²) in [7, 11) is 0. The van der Waals surface area contributed by atoms with E-state index in [1.807, 2.05) is 0 Å². The Labute approximate surface area is 136 Å². The molecule has 1 heterocycles. The number of esters is 3. The molecule has 0 bridgehead atoms. The Morgan fingerprint density at radius 1 is 1.08 bits per heavy atom. The number of carbonyl (C=O) groups is 5. The van der Waals surface area contributed by atoms with Crippen LogP contribution in [0, 0.1) is 0 Å². The van der Waals surface area contributed by atoms with Gasteiger partial charge in [-0.25, -0.2) is 4.79 Å². The van der Waals surface area contributed by atoms with Gasteiger partial charge in [0.2, 0.25) is 0 Å². The second-order valence-electron chi connectivity index (χ2n) is 5.29. The fourth-order valence-corrected chi connectivity index (χ4v) is 2.77. The van der Waals surface area contributed by atoms with Crippen LogP contribution in [0.5, 0.6) is 0 Å². The number of ketones is 2. The predicted octanol–water partition coefficient (Wildman–Crippen LogP) is -1.95. The molecule has 0 aliphatic carbocycles. The highest BCUT2D eigenvalue weighted by Gasteiger charge is 2.80. The summed E-state index contributed by atoms with van der Waals surface area (Å²) in [5.74, 6) is -5.95. The van der Waals surface area contributed by atoms with Gasteiger partial charge in [0.1, 0.15) is 6.10 Å². The van der Waals surface area contributed by atoms with Crippen LogP contribution in [0.15, 0.2) is 0 Å². The van der Waals surface area contributed by atoms with Crippen molar-refractivity contribution in [2.75, 3.05) is 6.61 Å². The summed E-state index contributed by atoms with van der Waals surface area (Å²) in [5.41, 5.74) is -5.69. The Morgan fingerprint density at radius 2 is 1.58 bits per heavy atom. The van der Waals surface area contributed by atoms with E-state index < -0.39 is 59.5 Å². The maximum Gasteiger partial charge on any atom is 0.364 e. The van der Waals surface area contributed by atoms with Crippen molar-refractivity contribution in [3.63, 3.8) is 0 Å². The van der Waals surface area contributed by atoms with E-state index in [1.54, 1.807) is 0 Å². The zero-order valence-electron chi connectivity index (χ0n) is 13.5. The number of cyclic esters (lactones) is 1. The molecule has 24 heavy (non-hydrogen) atoms. The van der Waals surface area contributed by atoms with Gasteiger partial charge in [0.25, 0.3) is 5.60 Å². The summed E-state index contributed by atoms with van der Waals surface area (Å²) in [4.78, 5) is 59.9. The fraction of sp³-hybridized carbons (Fsp3) is 0.643. The molecule has 0 aromatic carbocycles.